The van der Waals surface area contributed by atoms with Gasteiger partial charge in [0.15, 0.2) is 11.6 Å². The van der Waals surface area contributed by atoms with Gasteiger partial charge in [-0.1, -0.05) is 39.3 Å². The average molecular weight is 455 g/mol. The molecule has 0 spiro atoms. The Morgan fingerprint density at radius 1 is 1.06 bits per heavy atom. The van der Waals surface area contributed by atoms with Gasteiger partial charge in [-0.2, -0.15) is 0 Å². The van der Waals surface area contributed by atoms with Crippen molar-refractivity contribution in [2.45, 2.75) is 105 Å². The second-order valence-corrected chi connectivity index (χ2v) is 12.2. The van der Waals surface area contributed by atoms with Crippen LogP contribution < -0.4 is 0 Å². The number of hydrogen-bond acceptors (Lipinski definition) is 4. The van der Waals surface area contributed by atoms with Crippen LogP contribution in [0.1, 0.15) is 99.3 Å². The number of carbonyl (C=O) groups is 3. The molecular weight excluding hydrogens is 412 g/mol. The molecule has 182 valence electrons. The fourth-order valence-electron chi connectivity index (χ4n) is 7.97. The maximum absolute atomic E-state index is 13.3. The minimum atomic E-state index is -0.187. The van der Waals surface area contributed by atoms with Gasteiger partial charge in [-0.15, -0.1) is 0 Å². The topological polar surface area (TPSA) is 60.4 Å². The molecule has 33 heavy (non-hydrogen) atoms. The van der Waals surface area contributed by atoms with Crippen LogP contribution in [0, 0.1) is 34.5 Å². The lowest BCUT2D eigenvalue weighted by molar-refractivity contribution is -0.148. The summed E-state index contributed by atoms with van der Waals surface area (Å²) >= 11 is 0. The van der Waals surface area contributed by atoms with Crippen molar-refractivity contribution in [3.63, 3.8) is 0 Å². The first-order valence-electron chi connectivity index (χ1n) is 13.1. The number of ketones is 2. The predicted molar refractivity (Wildman–Crippen MR) is 129 cm³/mol. The van der Waals surface area contributed by atoms with E-state index in [0.717, 1.165) is 56.1 Å². The monoisotopic (exact) mass is 454 g/mol. The summed E-state index contributed by atoms with van der Waals surface area (Å²) in [6, 6.07) is 0. The van der Waals surface area contributed by atoms with Gasteiger partial charge in [-0.25, -0.2) is 0 Å². The Kier molecular flexibility index (Phi) is 6.52. The maximum atomic E-state index is 13.3. The van der Waals surface area contributed by atoms with E-state index in [1.54, 1.807) is 0 Å². The third-order valence-electron chi connectivity index (χ3n) is 9.78. The van der Waals surface area contributed by atoms with E-state index in [0.29, 0.717) is 36.5 Å². The highest BCUT2D eigenvalue weighted by Gasteiger charge is 2.60. The molecule has 0 N–H and O–H groups in total. The second-order valence-electron chi connectivity index (χ2n) is 12.2. The predicted octanol–water partition coefficient (Wildman–Crippen LogP) is 6.38. The lowest BCUT2D eigenvalue weighted by Gasteiger charge is -2.57. The molecule has 0 aromatic rings. The number of ether oxygens (including phenoxy) is 1. The minimum absolute atomic E-state index is 0.00864. The first-order chi connectivity index (χ1) is 15.5. The van der Waals surface area contributed by atoms with E-state index in [9.17, 15) is 14.4 Å². The fraction of sp³-hybridized carbons (Fsp3) is 0.759. The van der Waals surface area contributed by atoms with Gasteiger partial charge in [0.1, 0.15) is 6.10 Å². The summed E-state index contributed by atoms with van der Waals surface area (Å²) in [6.45, 7) is 12.4. The van der Waals surface area contributed by atoms with Crippen molar-refractivity contribution in [2.75, 3.05) is 0 Å². The van der Waals surface area contributed by atoms with Crippen LogP contribution in [0.15, 0.2) is 22.8 Å². The van der Waals surface area contributed by atoms with Crippen LogP contribution >= 0.6 is 0 Å². The zero-order chi connectivity index (χ0) is 24.1. The summed E-state index contributed by atoms with van der Waals surface area (Å²) in [5, 5.41) is 0. The molecule has 4 rings (SSSR count). The van der Waals surface area contributed by atoms with E-state index in [-0.39, 0.29) is 34.5 Å². The molecule has 0 saturated heterocycles. The van der Waals surface area contributed by atoms with E-state index < -0.39 is 0 Å². The summed E-state index contributed by atoms with van der Waals surface area (Å²) in [6.07, 6.45) is 10.4. The van der Waals surface area contributed by atoms with Crippen LogP contribution in [-0.4, -0.2) is 23.6 Å². The molecule has 0 aromatic carbocycles. The van der Waals surface area contributed by atoms with Gasteiger partial charge in [0, 0.05) is 31.8 Å². The maximum Gasteiger partial charge on any atom is 0.302 e. The summed E-state index contributed by atoms with van der Waals surface area (Å²) in [4.78, 5) is 37.8. The van der Waals surface area contributed by atoms with Crippen LogP contribution in [0.3, 0.4) is 0 Å². The van der Waals surface area contributed by atoms with E-state index in [1.165, 1.54) is 12.5 Å². The second kappa shape index (κ2) is 8.82. The number of hydrogen-bond donors (Lipinski definition) is 0. The number of Topliss-reactive ketones (excluding diaryl/α,β-unsaturated/α-hetero) is 2. The van der Waals surface area contributed by atoms with Gasteiger partial charge in [-0.3, -0.25) is 14.4 Å². The first kappa shape index (κ1) is 24.4. The number of fused-ring (bicyclic) bond motifs is 5. The Bertz CT molecular complexity index is 909. The highest BCUT2D eigenvalue weighted by atomic mass is 16.5. The third-order valence-corrected chi connectivity index (χ3v) is 9.78. The Balaban J connectivity index is 1.60. The Morgan fingerprint density at radius 3 is 2.42 bits per heavy atom. The van der Waals surface area contributed by atoms with E-state index >= 15 is 0 Å². The van der Waals surface area contributed by atoms with Gasteiger partial charge >= 0.3 is 5.97 Å². The smallest absolute Gasteiger partial charge is 0.302 e. The van der Waals surface area contributed by atoms with Crippen LogP contribution in [0.2, 0.25) is 0 Å². The zero-order valence-electron chi connectivity index (χ0n) is 21.5. The van der Waals surface area contributed by atoms with Gasteiger partial charge < -0.3 is 4.74 Å². The van der Waals surface area contributed by atoms with Crippen molar-refractivity contribution < 1.29 is 19.1 Å². The van der Waals surface area contributed by atoms with Gasteiger partial charge in [-0.05, 0) is 85.5 Å². The molecule has 4 aliphatic rings. The first-order valence-corrected chi connectivity index (χ1v) is 13.1. The molecule has 0 amide bonds. The number of rotatable bonds is 5. The number of esters is 1. The molecule has 0 bridgehead atoms. The highest BCUT2D eigenvalue weighted by Crippen LogP contribution is 2.65. The van der Waals surface area contributed by atoms with E-state index in [1.807, 2.05) is 6.92 Å². The number of allylic oxidation sites excluding steroid dienone is 3. The van der Waals surface area contributed by atoms with Crippen molar-refractivity contribution in [3.05, 3.63) is 22.8 Å². The zero-order valence-corrected chi connectivity index (χ0v) is 21.5. The summed E-state index contributed by atoms with van der Waals surface area (Å²) < 4.78 is 5.56. The average Bonchev–Trinajstić information content (AvgIpc) is 3.01. The van der Waals surface area contributed by atoms with Crippen molar-refractivity contribution in [3.8, 4) is 0 Å². The summed E-state index contributed by atoms with van der Waals surface area (Å²) in [7, 11) is 0. The van der Waals surface area contributed by atoms with Crippen LogP contribution in [0.4, 0.5) is 0 Å². The lowest BCUT2D eigenvalue weighted by atomic mass is 9.47. The molecule has 0 radical (unpaired) electrons. The van der Waals surface area contributed by atoms with Gasteiger partial charge in [0.05, 0.1) is 0 Å². The Morgan fingerprint density at radius 2 is 1.76 bits per heavy atom. The van der Waals surface area contributed by atoms with Crippen molar-refractivity contribution in [1.82, 2.24) is 0 Å². The van der Waals surface area contributed by atoms with Gasteiger partial charge in [0.2, 0.25) is 0 Å². The van der Waals surface area contributed by atoms with E-state index in [4.69, 9.17) is 4.74 Å². The molecule has 3 saturated carbocycles. The molecule has 4 nitrogen and oxygen atoms in total. The standard InChI is InChI=1S/C29H42O4/c1-17(2)7-10-25(31)18(3)27-26(32)16-24-22-9-8-20-15-21(33-19(4)30)11-13-28(20,5)23(22)12-14-29(24,27)6/h8,17,21-24H,7,9-16H2,1-6H3/b27-18+/t21-,22+,23-,24-,28-,29-/m0/s1. The molecule has 0 aromatic heterocycles. The molecule has 4 heteroatoms. The molecule has 0 unspecified atom stereocenters. The lowest BCUT2D eigenvalue weighted by Crippen LogP contribution is -2.49. The summed E-state index contributed by atoms with van der Waals surface area (Å²) in [5.41, 5.74) is 3.03. The molecule has 4 aliphatic carbocycles. The SMILES string of the molecule is CC(=O)O[C@H]1CC[C@@]2(C)C(=CC[C@@H]3[C@@H]2CC[C@]2(C)/C(=C(\C)C(=O)CCC(C)C)C(=O)C[C@@H]32)C1. The van der Waals surface area contributed by atoms with Crippen LogP contribution in [-0.2, 0) is 19.1 Å². The largest absolute Gasteiger partial charge is 0.462 e. The third kappa shape index (κ3) is 4.17. The Hall–Kier alpha value is -1.71. The molecular formula is C29H42O4. The normalized spacial score (nSPS) is 39.4. The van der Waals surface area contributed by atoms with Crippen LogP contribution in [0.5, 0.6) is 0 Å². The van der Waals surface area contributed by atoms with Gasteiger partial charge in [0.25, 0.3) is 0 Å². The highest BCUT2D eigenvalue weighted by molar-refractivity contribution is 6.08. The fourth-order valence-corrected chi connectivity index (χ4v) is 7.97. The van der Waals surface area contributed by atoms with Crippen LogP contribution in [0.25, 0.3) is 0 Å². The molecule has 3 fully saturated rings. The molecule has 0 heterocycles. The van der Waals surface area contributed by atoms with Crippen molar-refractivity contribution >= 4 is 17.5 Å². The van der Waals surface area contributed by atoms with Crippen molar-refractivity contribution in [1.29, 1.82) is 0 Å². The summed E-state index contributed by atoms with van der Waals surface area (Å²) in [5.74, 6) is 2.07. The molecule has 6 atom stereocenters. The molecule has 0 aliphatic heterocycles. The van der Waals surface area contributed by atoms with E-state index in [2.05, 4.69) is 33.8 Å². The quantitative estimate of drug-likeness (QED) is 0.275. The number of carbonyl (C=O) groups excluding carboxylic acids is 3. The minimum Gasteiger partial charge on any atom is -0.462 e. The Labute approximate surface area is 199 Å². The van der Waals surface area contributed by atoms with Crippen molar-refractivity contribution in [2.24, 2.45) is 34.5 Å².